The Morgan fingerprint density at radius 2 is 1.77 bits per heavy atom. The zero-order valence-electron chi connectivity index (χ0n) is 31.6. The number of ether oxygens (including phenoxy) is 3. The Labute approximate surface area is 341 Å². The second-order valence-electron chi connectivity index (χ2n) is 15.6. The Bertz CT molecular complexity index is 2230. The molecule has 0 bridgehead atoms. The number of benzene rings is 3. The first-order valence-corrected chi connectivity index (χ1v) is 20.0. The number of urea groups is 1. The predicted molar refractivity (Wildman–Crippen MR) is 213 cm³/mol. The highest BCUT2D eigenvalue weighted by Crippen LogP contribution is 2.45. The lowest BCUT2D eigenvalue weighted by Gasteiger charge is -2.45. The topological polar surface area (TPSA) is 129 Å². The second kappa shape index (κ2) is 16.1. The van der Waals surface area contributed by atoms with Crippen LogP contribution in [0.3, 0.4) is 0 Å². The molecule has 1 aliphatic carbocycles. The number of rotatable bonds is 13. The average molecular weight is 814 g/mol. The lowest BCUT2D eigenvalue weighted by Crippen LogP contribution is -2.70. The van der Waals surface area contributed by atoms with Gasteiger partial charge in [-0.15, -0.1) is 0 Å². The fraction of sp³-hybridized carbons (Fsp3) is 0.395. The van der Waals surface area contributed by atoms with Crippen LogP contribution in [0.15, 0.2) is 67.0 Å². The molecule has 0 unspecified atom stereocenters. The first-order valence-electron chi connectivity index (χ1n) is 19.3. The van der Waals surface area contributed by atoms with Gasteiger partial charge in [-0.2, -0.15) is 5.26 Å². The van der Waals surface area contributed by atoms with E-state index in [2.05, 4.69) is 38.7 Å². The number of imide groups is 1. The first-order chi connectivity index (χ1) is 27.5. The molecule has 296 valence electrons. The number of alkyl halides is 1. The van der Waals surface area contributed by atoms with Gasteiger partial charge >= 0.3 is 6.03 Å². The van der Waals surface area contributed by atoms with Crippen molar-refractivity contribution in [2.75, 3.05) is 39.3 Å². The van der Waals surface area contributed by atoms with Gasteiger partial charge in [0.1, 0.15) is 47.2 Å². The lowest BCUT2D eigenvalue weighted by molar-refractivity contribution is -0.130. The quantitative estimate of drug-likeness (QED) is 0.104. The summed E-state index contributed by atoms with van der Waals surface area (Å²) in [6.45, 7) is 5.83. The average Bonchev–Trinajstić information content (AvgIpc) is 3.73. The van der Waals surface area contributed by atoms with Crippen molar-refractivity contribution in [2.24, 2.45) is 0 Å². The highest BCUT2D eigenvalue weighted by atomic mass is 35.5. The summed E-state index contributed by atoms with van der Waals surface area (Å²) in [5, 5.41) is 15.4. The van der Waals surface area contributed by atoms with Gasteiger partial charge in [0, 0.05) is 74.4 Å². The number of hydrogen-bond acceptors (Lipinski definition) is 9. The van der Waals surface area contributed by atoms with E-state index in [4.69, 9.17) is 37.4 Å². The molecule has 57 heavy (non-hydrogen) atoms. The monoisotopic (exact) mass is 812 g/mol. The van der Waals surface area contributed by atoms with E-state index in [0.717, 1.165) is 72.3 Å². The molecule has 3 fully saturated rings. The Morgan fingerprint density at radius 3 is 2.54 bits per heavy atom. The maximum atomic E-state index is 14.2. The number of pyridine rings is 1. The SMILES string of the molecule is CC1(F)CCN(CCCOc2cccc(-c3cccc4c3CC[C@@H]4Oc3cc(OCc4cncc(C#N)c4)c(CN4CC5(C4)NC(=O)NC5=O)cc3Cl)c2Cl)CC1. The number of hydrogen-bond donors (Lipinski definition) is 2. The number of nitrogens with one attached hydrogen (secondary N) is 2. The third kappa shape index (κ3) is 8.39. The Morgan fingerprint density at radius 1 is 0.982 bits per heavy atom. The summed E-state index contributed by atoms with van der Waals surface area (Å²) in [5.74, 6) is 1.30. The van der Waals surface area contributed by atoms with Crippen LogP contribution in [0.2, 0.25) is 10.0 Å². The van der Waals surface area contributed by atoms with E-state index in [-0.39, 0.29) is 18.6 Å². The van der Waals surface area contributed by atoms with E-state index in [1.165, 1.54) is 6.20 Å². The second-order valence-corrected chi connectivity index (χ2v) is 16.4. The van der Waals surface area contributed by atoms with Crippen molar-refractivity contribution in [1.82, 2.24) is 25.4 Å². The summed E-state index contributed by atoms with van der Waals surface area (Å²) in [6.07, 6.45) is 6.31. The van der Waals surface area contributed by atoms with E-state index < -0.39 is 17.2 Å². The van der Waals surface area contributed by atoms with Crippen molar-refractivity contribution < 1.29 is 28.2 Å². The number of piperidine rings is 1. The summed E-state index contributed by atoms with van der Waals surface area (Å²) < 4.78 is 33.4. The molecule has 8 rings (SSSR count). The van der Waals surface area contributed by atoms with Crippen LogP contribution in [0, 0.1) is 11.3 Å². The van der Waals surface area contributed by atoms with Crippen LogP contribution < -0.4 is 24.8 Å². The number of nitriles is 1. The van der Waals surface area contributed by atoms with Crippen LogP contribution in [0.5, 0.6) is 17.2 Å². The molecule has 1 aromatic heterocycles. The molecule has 4 heterocycles. The molecule has 3 aromatic carbocycles. The third-order valence-corrected chi connectivity index (χ3v) is 12.0. The van der Waals surface area contributed by atoms with Crippen molar-refractivity contribution in [3.8, 4) is 34.4 Å². The van der Waals surface area contributed by atoms with E-state index >= 15 is 0 Å². The van der Waals surface area contributed by atoms with Crippen LogP contribution in [0.4, 0.5) is 9.18 Å². The fourth-order valence-corrected chi connectivity index (χ4v) is 8.73. The molecule has 14 heteroatoms. The molecule has 0 radical (unpaired) electrons. The molecule has 3 saturated heterocycles. The Kier molecular flexibility index (Phi) is 11.0. The zero-order valence-corrected chi connectivity index (χ0v) is 33.1. The van der Waals surface area contributed by atoms with Crippen molar-refractivity contribution in [3.05, 3.63) is 105 Å². The number of halogens is 3. The smallest absolute Gasteiger partial charge is 0.322 e. The van der Waals surface area contributed by atoms with Gasteiger partial charge in [0.15, 0.2) is 0 Å². The number of carbonyl (C=O) groups excluding carboxylic acids is 2. The maximum absolute atomic E-state index is 14.2. The van der Waals surface area contributed by atoms with Gasteiger partial charge in [0.05, 0.1) is 22.2 Å². The molecule has 11 nitrogen and oxygen atoms in total. The van der Waals surface area contributed by atoms with Gasteiger partial charge in [0.25, 0.3) is 5.91 Å². The molecule has 2 N–H and O–H groups in total. The Hall–Kier alpha value is -4.93. The van der Waals surface area contributed by atoms with Crippen LogP contribution >= 0.6 is 23.2 Å². The number of amides is 3. The number of carbonyl (C=O) groups is 2. The van der Waals surface area contributed by atoms with Crippen LogP contribution in [-0.2, 0) is 24.4 Å². The summed E-state index contributed by atoms with van der Waals surface area (Å²) in [5.41, 5.74) is 4.04. The van der Waals surface area contributed by atoms with Gasteiger partial charge < -0.3 is 24.4 Å². The standard InChI is InChI=1S/C43H43Cl2FN6O5/c1-42(46)11-14-51(15-12-42)13-4-16-55-36-8-3-7-33(39(36)45)30-5-2-6-32-31(30)9-10-35(32)57-38-19-37(56-24-28-17-27(20-47)21-48-22-28)29(18-34(38)44)23-52-25-43(26-52)40(53)49-41(54)50-43/h2-3,5-8,17-19,21-22,35H,4,9-16,23-26H2,1H3,(H2,49,50,53,54)/t35-/m0/s1. The van der Waals surface area contributed by atoms with E-state index in [1.54, 1.807) is 25.3 Å². The van der Waals surface area contributed by atoms with Crippen LogP contribution in [-0.4, -0.2) is 77.3 Å². The minimum atomic E-state index is -1.06. The number of aromatic nitrogens is 1. The Balaban J connectivity index is 0.975. The minimum Gasteiger partial charge on any atom is -0.492 e. The van der Waals surface area contributed by atoms with Crippen molar-refractivity contribution >= 4 is 35.1 Å². The molecule has 3 aliphatic heterocycles. The van der Waals surface area contributed by atoms with E-state index in [1.807, 2.05) is 35.2 Å². The normalized spacial score (nSPS) is 19.7. The maximum Gasteiger partial charge on any atom is 0.322 e. The molecule has 1 atom stereocenters. The summed E-state index contributed by atoms with van der Waals surface area (Å²) in [7, 11) is 0. The minimum absolute atomic E-state index is 0.149. The van der Waals surface area contributed by atoms with Gasteiger partial charge in [-0.1, -0.05) is 53.5 Å². The predicted octanol–water partition coefficient (Wildman–Crippen LogP) is 7.56. The zero-order chi connectivity index (χ0) is 39.7. The summed E-state index contributed by atoms with van der Waals surface area (Å²) in [6, 6.07) is 19.0. The molecule has 1 spiro atoms. The van der Waals surface area contributed by atoms with Crippen LogP contribution in [0.1, 0.15) is 66.5 Å². The van der Waals surface area contributed by atoms with Gasteiger partial charge in [0.2, 0.25) is 0 Å². The van der Waals surface area contributed by atoms with Crippen LogP contribution in [0.25, 0.3) is 11.1 Å². The molecule has 3 amide bonds. The van der Waals surface area contributed by atoms with E-state index in [0.29, 0.717) is 71.9 Å². The number of nitrogens with zero attached hydrogens (tertiary/aromatic N) is 4. The van der Waals surface area contributed by atoms with Crippen molar-refractivity contribution in [1.29, 1.82) is 5.26 Å². The number of likely N-dealkylation sites (tertiary alicyclic amines) is 2. The largest absolute Gasteiger partial charge is 0.492 e. The summed E-state index contributed by atoms with van der Waals surface area (Å²) >= 11 is 13.9. The third-order valence-electron chi connectivity index (χ3n) is 11.3. The van der Waals surface area contributed by atoms with Crippen molar-refractivity contribution in [2.45, 2.75) is 69.5 Å². The highest BCUT2D eigenvalue weighted by molar-refractivity contribution is 6.35. The molecule has 4 aromatic rings. The molecule has 4 aliphatic rings. The first kappa shape index (κ1) is 38.9. The lowest BCUT2D eigenvalue weighted by atomic mass is 9.89. The molecular weight excluding hydrogens is 770 g/mol. The van der Waals surface area contributed by atoms with Crippen molar-refractivity contribution in [3.63, 3.8) is 0 Å². The van der Waals surface area contributed by atoms with E-state index in [9.17, 15) is 19.2 Å². The van der Waals surface area contributed by atoms with Gasteiger partial charge in [-0.3, -0.25) is 20.0 Å². The fourth-order valence-electron chi connectivity index (χ4n) is 8.22. The number of fused-ring (bicyclic) bond motifs is 1. The molecular formula is C43H43Cl2FN6O5. The summed E-state index contributed by atoms with van der Waals surface area (Å²) in [4.78, 5) is 32.7. The van der Waals surface area contributed by atoms with Gasteiger partial charge in [-0.25, -0.2) is 9.18 Å². The molecule has 0 saturated carbocycles. The highest BCUT2D eigenvalue weighted by Gasteiger charge is 2.54. The van der Waals surface area contributed by atoms with Gasteiger partial charge in [-0.05, 0) is 73.9 Å².